The van der Waals surface area contributed by atoms with Gasteiger partial charge >= 0.3 is 0 Å². The Morgan fingerprint density at radius 2 is 1.81 bits per heavy atom. The topological polar surface area (TPSA) is 50.7 Å². The van der Waals surface area contributed by atoms with Crippen LogP contribution in [0.15, 0.2) is 59.6 Å². The van der Waals surface area contributed by atoms with Crippen LogP contribution in [0.4, 0.5) is 5.69 Å². The molecule has 1 aliphatic heterocycles. The Kier molecular flexibility index (Phi) is 3.69. The standard InChI is InChI=1S/C17H16N2O2/c1-21-17-15(11-12-7-3-2-4-8-12)18-16(20)13-9-5-6-10-14(13)19-17/h2-10,15H,11H2,1H3,(H,18,20)/t15-/m0/s1. The van der Waals surface area contributed by atoms with E-state index in [9.17, 15) is 4.79 Å². The third kappa shape index (κ3) is 2.79. The van der Waals surface area contributed by atoms with E-state index < -0.39 is 0 Å². The molecule has 106 valence electrons. The molecule has 0 aliphatic carbocycles. The number of para-hydroxylation sites is 1. The first-order chi connectivity index (χ1) is 10.3. The molecule has 1 atom stereocenters. The summed E-state index contributed by atoms with van der Waals surface area (Å²) in [7, 11) is 1.58. The number of rotatable bonds is 2. The maximum atomic E-state index is 12.3. The van der Waals surface area contributed by atoms with Gasteiger partial charge in [0, 0.05) is 6.42 Å². The van der Waals surface area contributed by atoms with Crippen LogP contribution in [0.5, 0.6) is 0 Å². The maximum absolute atomic E-state index is 12.3. The zero-order valence-electron chi connectivity index (χ0n) is 11.7. The van der Waals surface area contributed by atoms with Gasteiger partial charge in [0.1, 0.15) is 6.04 Å². The molecule has 0 radical (unpaired) electrons. The summed E-state index contributed by atoms with van der Waals surface area (Å²) in [5.74, 6) is 0.402. The second-order valence-electron chi connectivity index (χ2n) is 4.89. The number of fused-ring (bicyclic) bond motifs is 1. The van der Waals surface area contributed by atoms with Crippen LogP contribution in [0.1, 0.15) is 15.9 Å². The molecule has 0 saturated heterocycles. The van der Waals surface area contributed by atoms with Crippen LogP contribution in [-0.2, 0) is 11.2 Å². The molecule has 0 spiro atoms. The highest BCUT2D eigenvalue weighted by molar-refractivity contribution is 6.04. The molecule has 2 aromatic rings. The van der Waals surface area contributed by atoms with Crippen LogP contribution < -0.4 is 5.32 Å². The lowest BCUT2D eigenvalue weighted by atomic mass is 10.1. The first-order valence-corrected chi connectivity index (χ1v) is 6.84. The Morgan fingerprint density at radius 3 is 2.57 bits per heavy atom. The smallest absolute Gasteiger partial charge is 0.254 e. The van der Waals surface area contributed by atoms with Gasteiger partial charge in [0.15, 0.2) is 0 Å². The molecule has 0 unspecified atom stereocenters. The first-order valence-electron chi connectivity index (χ1n) is 6.84. The molecule has 3 rings (SSSR count). The molecule has 2 aromatic carbocycles. The minimum absolute atomic E-state index is 0.123. The molecule has 1 heterocycles. The van der Waals surface area contributed by atoms with Gasteiger partial charge < -0.3 is 10.1 Å². The molecule has 4 nitrogen and oxygen atoms in total. The van der Waals surface area contributed by atoms with Crippen molar-refractivity contribution in [2.45, 2.75) is 12.5 Å². The molecule has 0 bridgehead atoms. The monoisotopic (exact) mass is 280 g/mol. The maximum Gasteiger partial charge on any atom is 0.254 e. The van der Waals surface area contributed by atoms with Crippen LogP contribution in [0.3, 0.4) is 0 Å². The van der Waals surface area contributed by atoms with Crippen molar-refractivity contribution in [2.24, 2.45) is 4.99 Å². The number of hydrogen-bond acceptors (Lipinski definition) is 3. The molecule has 1 aliphatic rings. The summed E-state index contributed by atoms with van der Waals surface area (Å²) in [5.41, 5.74) is 2.34. The van der Waals surface area contributed by atoms with Crippen molar-refractivity contribution < 1.29 is 9.53 Å². The van der Waals surface area contributed by atoms with Crippen LogP contribution in [0.25, 0.3) is 0 Å². The number of hydrogen-bond donors (Lipinski definition) is 1. The lowest BCUT2D eigenvalue weighted by Crippen LogP contribution is -2.41. The van der Waals surface area contributed by atoms with Crippen LogP contribution in [0.2, 0.25) is 0 Å². The van der Waals surface area contributed by atoms with Crippen molar-refractivity contribution in [2.75, 3.05) is 7.11 Å². The summed E-state index contributed by atoms with van der Waals surface area (Å²) >= 11 is 0. The lowest BCUT2D eigenvalue weighted by molar-refractivity contribution is 0.0945. The summed E-state index contributed by atoms with van der Waals surface area (Å²) < 4.78 is 5.40. The lowest BCUT2D eigenvalue weighted by Gasteiger charge is -2.17. The number of ether oxygens (including phenoxy) is 1. The predicted octanol–water partition coefficient (Wildman–Crippen LogP) is 2.72. The van der Waals surface area contributed by atoms with Gasteiger partial charge in [-0.1, -0.05) is 42.5 Å². The quantitative estimate of drug-likeness (QED) is 0.919. The van der Waals surface area contributed by atoms with Gasteiger partial charge in [0.05, 0.1) is 18.4 Å². The van der Waals surface area contributed by atoms with Crippen molar-refractivity contribution in [3.8, 4) is 0 Å². The van der Waals surface area contributed by atoms with Gasteiger partial charge in [-0.05, 0) is 17.7 Å². The van der Waals surface area contributed by atoms with Crippen molar-refractivity contribution in [3.05, 3.63) is 65.7 Å². The number of amides is 1. The van der Waals surface area contributed by atoms with Crippen LogP contribution in [-0.4, -0.2) is 25.0 Å². The zero-order valence-corrected chi connectivity index (χ0v) is 11.7. The van der Waals surface area contributed by atoms with Crippen LogP contribution in [0, 0.1) is 0 Å². The fourth-order valence-corrected chi connectivity index (χ4v) is 2.43. The Balaban J connectivity index is 1.94. The van der Waals surface area contributed by atoms with E-state index in [0.29, 0.717) is 23.6 Å². The molecule has 1 amide bonds. The number of nitrogens with zero attached hydrogens (tertiary/aromatic N) is 1. The number of methoxy groups -OCH3 is 1. The average Bonchev–Trinajstić information content (AvgIpc) is 2.65. The largest absolute Gasteiger partial charge is 0.483 e. The summed E-state index contributed by atoms with van der Waals surface area (Å²) in [6.07, 6.45) is 0.646. The van der Waals surface area contributed by atoms with E-state index in [1.165, 1.54) is 0 Å². The molecule has 0 aromatic heterocycles. The minimum Gasteiger partial charge on any atom is -0.483 e. The fraction of sp³-hybridized carbons (Fsp3) is 0.176. The van der Waals surface area contributed by atoms with Gasteiger partial charge in [-0.3, -0.25) is 4.79 Å². The average molecular weight is 280 g/mol. The summed E-state index contributed by atoms with van der Waals surface area (Å²) in [6, 6.07) is 17.0. The highest BCUT2D eigenvalue weighted by Gasteiger charge is 2.25. The molecule has 1 N–H and O–H groups in total. The Morgan fingerprint density at radius 1 is 1.10 bits per heavy atom. The second-order valence-corrected chi connectivity index (χ2v) is 4.89. The highest BCUT2D eigenvalue weighted by atomic mass is 16.5. The molecule has 21 heavy (non-hydrogen) atoms. The van der Waals surface area contributed by atoms with Gasteiger partial charge in [0.2, 0.25) is 5.90 Å². The van der Waals surface area contributed by atoms with Gasteiger partial charge in [-0.25, -0.2) is 4.99 Å². The predicted molar refractivity (Wildman–Crippen MR) is 81.9 cm³/mol. The molecule has 0 saturated carbocycles. The SMILES string of the molecule is COC1=Nc2ccccc2C(=O)N[C@H]1Cc1ccccc1. The van der Waals surface area contributed by atoms with Gasteiger partial charge in [-0.2, -0.15) is 0 Å². The summed E-state index contributed by atoms with van der Waals surface area (Å²) in [6.45, 7) is 0. The van der Waals surface area contributed by atoms with E-state index in [4.69, 9.17) is 4.74 Å². The number of carbonyl (C=O) groups is 1. The van der Waals surface area contributed by atoms with Crippen molar-refractivity contribution in [1.82, 2.24) is 5.32 Å². The second kappa shape index (κ2) is 5.79. The molecule has 4 heteroatoms. The zero-order chi connectivity index (χ0) is 14.7. The first kappa shape index (κ1) is 13.4. The number of benzene rings is 2. The Bertz CT molecular complexity index is 680. The minimum atomic E-state index is -0.266. The van der Waals surface area contributed by atoms with E-state index in [-0.39, 0.29) is 11.9 Å². The Hall–Kier alpha value is -2.62. The van der Waals surface area contributed by atoms with Crippen molar-refractivity contribution in [3.63, 3.8) is 0 Å². The van der Waals surface area contributed by atoms with Crippen molar-refractivity contribution in [1.29, 1.82) is 0 Å². The van der Waals surface area contributed by atoms with E-state index in [1.807, 2.05) is 48.5 Å². The Labute approximate surface area is 123 Å². The summed E-state index contributed by atoms with van der Waals surface area (Å²) in [4.78, 5) is 16.8. The molecular weight excluding hydrogens is 264 g/mol. The van der Waals surface area contributed by atoms with Gasteiger partial charge in [0.25, 0.3) is 5.91 Å². The normalized spacial score (nSPS) is 17.3. The molecule has 0 fully saturated rings. The van der Waals surface area contributed by atoms with Gasteiger partial charge in [-0.15, -0.1) is 0 Å². The van der Waals surface area contributed by atoms with Crippen LogP contribution >= 0.6 is 0 Å². The van der Waals surface area contributed by atoms with E-state index >= 15 is 0 Å². The van der Waals surface area contributed by atoms with Crippen molar-refractivity contribution >= 4 is 17.5 Å². The number of carbonyl (C=O) groups excluding carboxylic acids is 1. The third-order valence-electron chi connectivity index (χ3n) is 3.47. The fourth-order valence-electron chi connectivity index (χ4n) is 2.43. The molecular formula is C17H16N2O2. The summed E-state index contributed by atoms with van der Waals surface area (Å²) in [5, 5.41) is 2.99. The third-order valence-corrected chi connectivity index (χ3v) is 3.47. The van der Waals surface area contributed by atoms with E-state index in [0.717, 1.165) is 5.56 Å². The number of nitrogens with one attached hydrogen (secondary N) is 1. The highest BCUT2D eigenvalue weighted by Crippen LogP contribution is 2.23. The van der Waals surface area contributed by atoms with E-state index in [1.54, 1.807) is 13.2 Å². The van der Waals surface area contributed by atoms with E-state index in [2.05, 4.69) is 10.3 Å². The number of aliphatic imine (C=N–C) groups is 1.